The zero-order valence-electron chi connectivity index (χ0n) is 42.4. The molecule has 4 saturated heterocycles. The molecule has 4 aliphatic heterocycles. The zero-order valence-corrected chi connectivity index (χ0v) is 42.4. The van der Waals surface area contributed by atoms with Crippen molar-refractivity contribution in [2.45, 2.75) is 190 Å². The van der Waals surface area contributed by atoms with E-state index in [0.717, 1.165) is 91.3 Å². The van der Waals surface area contributed by atoms with E-state index in [0.29, 0.717) is 47.8 Å². The predicted molar refractivity (Wildman–Crippen MR) is 259 cm³/mol. The lowest BCUT2D eigenvalue weighted by molar-refractivity contribution is -0.133. The molecular weight excluding hydrogens is 763 g/mol. The number of amides is 1. The highest BCUT2D eigenvalue weighted by Crippen LogP contribution is 2.21. The van der Waals surface area contributed by atoms with Crippen LogP contribution in [0.15, 0.2) is 0 Å². The Labute approximate surface area is 378 Å². The van der Waals surface area contributed by atoms with Crippen molar-refractivity contribution >= 4 is 11.7 Å². The molecule has 0 spiro atoms. The maximum absolute atomic E-state index is 11.7. The Kier molecular flexibility index (Phi) is 35.2. The van der Waals surface area contributed by atoms with E-state index in [1.807, 2.05) is 4.90 Å². The smallest absolute Gasteiger partial charge is 0.222 e. The number of ketones is 1. The molecule has 5 fully saturated rings. The molecule has 10 nitrogen and oxygen atoms in total. The molecule has 10 heteroatoms. The molecule has 5 rings (SSSR count). The van der Waals surface area contributed by atoms with Crippen LogP contribution in [0.2, 0.25) is 0 Å². The SMILES string of the molecule is CC(C)CC(=O)CCN1CCCCC1.CC(C)CCC(=O)N1CCN(C)CC1.CC(C)COC1CCCC1.CC(C)OCCN1CCCC1.CC(C)OCCN1CCCCC1. The minimum atomic E-state index is 0.340. The minimum absolute atomic E-state index is 0.340. The number of Topliss-reactive ketones (excluding diaryl/α,β-unsaturated/α-hetero) is 1. The first-order valence-electron chi connectivity index (χ1n) is 25.6. The first kappa shape index (κ1) is 57.9. The van der Waals surface area contributed by atoms with E-state index in [2.05, 4.69) is 95.9 Å². The highest BCUT2D eigenvalue weighted by molar-refractivity contribution is 5.78. The summed E-state index contributed by atoms with van der Waals surface area (Å²) in [5.74, 6) is 2.62. The minimum Gasteiger partial charge on any atom is -0.378 e. The summed E-state index contributed by atoms with van der Waals surface area (Å²) < 4.78 is 16.6. The van der Waals surface area contributed by atoms with Gasteiger partial charge in [-0.1, -0.05) is 67.2 Å². The maximum Gasteiger partial charge on any atom is 0.222 e. The number of piperazine rings is 1. The van der Waals surface area contributed by atoms with Gasteiger partial charge < -0.3 is 38.7 Å². The molecule has 4 heterocycles. The molecule has 1 aliphatic carbocycles. The first-order valence-corrected chi connectivity index (χ1v) is 25.6. The second-order valence-corrected chi connectivity index (χ2v) is 20.3. The Balaban J connectivity index is 0.000000383. The van der Waals surface area contributed by atoms with Crippen molar-refractivity contribution in [2.24, 2.45) is 17.8 Å². The summed E-state index contributed by atoms with van der Waals surface area (Å²) >= 11 is 0. The molecule has 0 bridgehead atoms. The van der Waals surface area contributed by atoms with Gasteiger partial charge in [-0.05, 0) is 150 Å². The van der Waals surface area contributed by atoms with E-state index < -0.39 is 0 Å². The van der Waals surface area contributed by atoms with Gasteiger partial charge in [0.15, 0.2) is 0 Å². The van der Waals surface area contributed by atoms with Crippen molar-refractivity contribution in [1.82, 2.24) is 24.5 Å². The average molecular weight is 866 g/mol. The van der Waals surface area contributed by atoms with Crippen LogP contribution in [0.5, 0.6) is 0 Å². The van der Waals surface area contributed by atoms with E-state index in [1.54, 1.807) is 0 Å². The summed E-state index contributed by atoms with van der Waals surface area (Å²) in [5.41, 5.74) is 0. The van der Waals surface area contributed by atoms with Crippen molar-refractivity contribution in [2.75, 3.05) is 112 Å². The van der Waals surface area contributed by atoms with Gasteiger partial charge in [-0.15, -0.1) is 0 Å². The fourth-order valence-electron chi connectivity index (χ4n) is 8.06. The van der Waals surface area contributed by atoms with Gasteiger partial charge in [-0.25, -0.2) is 0 Å². The van der Waals surface area contributed by atoms with Gasteiger partial charge in [0.1, 0.15) is 5.78 Å². The number of nitrogens with zero attached hydrogens (tertiary/aromatic N) is 5. The summed E-state index contributed by atoms with van der Waals surface area (Å²) in [5, 5.41) is 0. The molecule has 362 valence electrons. The van der Waals surface area contributed by atoms with Crippen LogP contribution >= 0.6 is 0 Å². The summed E-state index contributed by atoms with van der Waals surface area (Å²) in [6, 6.07) is 0. The van der Waals surface area contributed by atoms with Crippen molar-refractivity contribution in [3.63, 3.8) is 0 Å². The second kappa shape index (κ2) is 37.1. The third-order valence-electron chi connectivity index (χ3n) is 11.9. The Morgan fingerprint density at radius 1 is 0.508 bits per heavy atom. The van der Waals surface area contributed by atoms with Crippen LogP contribution in [-0.2, 0) is 23.8 Å². The second-order valence-electron chi connectivity index (χ2n) is 20.3. The topological polar surface area (TPSA) is 78.0 Å². The number of hydrogen-bond acceptors (Lipinski definition) is 9. The quantitative estimate of drug-likeness (QED) is 0.126. The van der Waals surface area contributed by atoms with E-state index >= 15 is 0 Å². The maximum atomic E-state index is 11.7. The molecule has 1 saturated carbocycles. The molecule has 1 amide bonds. The van der Waals surface area contributed by atoms with Crippen molar-refractivity contribution < 1.29 is 23.8 Å². The van der Waals surface area contributed by atoms with Crippen molar-refractivity contribution in [3.05, 3.63) is 0 Å². The molecule has 0 N–H and O–H groups in total. The number of likely N-dealkylation sites (N-methyl/N-ethyl adjacent to an activating group) is 1. The molecule has 0 unspecified atom stereocenters. The van der Waals surface area contributed by atoms with Crippen LogP contribution in [0.25, 0.3) is 0 Å². The number of likely N-dealkylation sites (tertiary alicyclic amines) is 3. The summed E-state index contributed by atoms with van der Waals surface area (Å²) in [6.45, 7) is 38.7. The van der Waals surface area contributed by atoms with Gasteiger partial charge in [-0.3, -0.25) is 9.59 Å². The molecule has 5 aliphatic rings. The Morgan fingerprint density at radius 3 is 1.36 bits per heavy atom. The number of hydrogen-bond donors (Lipinski definition) is 0. The summed E-state index contributed by atoms with van der Waals surface area (Å²) in [4.78, 5) is 34.9. The summed E-state index contributed by atoms with van der Waals surface area (Å²) in [6.07, 6.45) is 20.9. The van der Waals surface area contributed by atoms with Gasteiger partial charge in [0.05, 0.1) is 31.5 Å². The Bertz CT molecular complexity index is 1010. The highest BCUT2D eigenvalue weighted by atomic mass is 16.5. The van der Waals surface area contributed by atoms with Gasteiger partial charge >= 0.3 is 0 Å². The number of piperidine rings is 2. The van der Waals surface area contributed by atoms with Crippen LogP contribution in [0.1, 0.15) is 172 Å². The number of rotatable bonds is 19. The van der Waals surface area contributed by atoms with Crippen LogP contribution in [0, 0.1) is 17.8 Å². The van der Waals surface area contributed by atoms with Crippen LogP contribution < -0.4 is 0 Å². The van der Waals surface area contributed by atoms with Gasteiger partial charge in [0.25, 0.3) is 0 Å². The molecule has 61 heavy (non-hydrogen) atoms. The monoisotopic (exact) mass is 866 g/mol. The molecule has 0 radical (unpaired) electrons. The molecule has 0 aromatic carbocycles. The van der Waals surface area contributed by atoms with Crippen molar-refractivity contribution in [3.8, 4) is 0 Å². The van der Waals surface area contributed by atoms with E-state index in [4.69, 9.17) is 14.2 Å². The third-order valence-corrected chi connectivity index (χ3v) is 11.9. The number of ether oxygens (including phenoxy) is 3. The number of carbonyl (C=O) groups is 2. The lowest BCUT2D eigenvalue weighted by Crippen LogP contribution is -2.47. The lowest BCUT2D eigenvalue weighted by Gasteiger charge is -2.32. The van der Waals surface area contributed by atoms with Crippen LogP contribution in [0.3, 0.4) is 0 Å². The average Bonchev–Trinajstić information content (AvgIpc) is 3.96. The molecule has 0 aromatic heterocycles. The van der Waals surface area contributed by atoms with Crippen LogP contribution in [-0.4, -0.2) is 166 Å². The third kappa shape index (κ3) is 34.9. The normalized spacial score (nSPS) is 19.6. The number of carbonyl (C=O) groups excluding carboxylic acids is 2. The molecule has 0 atom stereocenters. The fraction of sp³-hybridized carbons (Fsp3) is 0.961. The largest absolute Gasteiger partial charge is 0.378 e. The lowest BCUT2D eigenvalue weighted by atomic mass is 10.0. The fourth-order valence-corrected chi connectivity index (χ4v) is 8.06. The predicted octanol–water partition coefficient (Wildman–Crippen LogP) is 9.68. The van der Waals surface area contributed by atoms with Gasteiger partial charge in [0, 0.05) is 71.7 Å². The van der Waals surface area contributed by atoms with Crippen LogP contribution in [0.4, 0.5) is 0 Å². The molecule has 0 aromatic rings. The Morgan fingerprint density at radius 2 is 0.951 bits per heavy atom. The molecular formula is C51H103N5O5. The van der Waals surface area contributed by atoms with E-state index in [1.165, 1.54) is 116 Å². The standard InChI is InChI=1S/C12H23NO.C11H22N2O.C10H21NO.C9H19NO.C9H18O/c1-11(2)10-12(14)6-9-13-7-4-3-5-8-13;1-10(2)4-5-11(14)13-8-6-12(3)7-9-13;1-10(2)12-9-8-11-6-4-3-5-7-11;1-9(2)11-8-7-10-5-3-4-6-10;1-8(2)7-10-9-5-3-4-6-9/h11H,3-10H2,1-2H3;10H,4-9H2,1-3H3;10H,3-9H2,1-2H3;9H,3-8H2,1-2H3;8-9H,3-7H2,1-2H3. The van der Waals surface area contributed by atoms with Gasteiger partial charge in [-0.2, -0.15) is 0 Å². The van der Waals surface area contributed by atoms with Crippen molar-refractivity contribution in [1.29, 1.82) is 0 Å². The van der Waals surface area contributed by atoms with E-state index in [9.17, 15) is 9.59 Å². The van der Waals surface area contributed by atoms with E-state index in [-0.39, 0.29) is 0 Å². The summed E-state index contributed by atoms with van der Waals surface area (Å²) in [7, 11) is 2.11. The first-order chi connectivity index (χ1) is 29.1. The van der Waals surface area contributed by atoms with Gasteiger partial charge in [0.2, 0.25) is 5.91 Å². The Hall–Kier alpha value is -1.14. The highest BCUT2D eigenvalue weighted by Gasteiger charge is 2.19. The zero-order chi connectivity index (χ0) is 45.3.